The molecule has 1 atom stereocenters. The maximum absolute atomic E-state index is 12.7. The van der Waals surface area contributed by atoms with Gasteiger partial charge in [0.15, 0.2) is 5.13 Å². The van der Waals surface area contributed by atoms with Crippen LogP contribution in [0.4, 0.5) is 5.13 Å². The first-order valence-electron chi connectivity index (χ1n) is 9.54. The Morgan fingerprint density at radius 3 is 2.70 bits per heavy atom. The molecule has 0 saturated heterocycles. The molecule has 4 rings (SSSR count). The second-order valence-corrected chi connectivity index (χ2v) is 8.63. The molecule has 0 aliphatic carbocycles. The first kappa shape index (κ1) is 20.3. The topological polar surface area (TPSA) is 62.3 Å². The minimum atomic E-state index is -0.336. The zero-order valence-electron chi connectivity index (χ0n) is 16.3. The van der Waals surface area contributed by atoms with Crippen molar-refractivity contribution in [1.82, 2.24) is 9.88 Å². The van der Waals surface area contributed by atoms with Crippen molar-refractivity contribution in [2.45, 2.75) is 25.8 Å². The van der Waals surface area contributed by atoms with E-state index in [1.54, 1.807) is 17.3 Å². The lowest BCUT2D eigenvalue weighted by Crippen LogP contribution is -2.33. The molecule has 30 heavy (non-hydrogen) atoms. The van der Waals surface area contributed by atoms with Crippen LogP contribution in [0, 0.1) is 0 Å². The summed E-state index contributed by atoms with van der Waals surface area (Å²) in [4.78, 5) is 31.8. The van der Waals surface area contributed by atoms with Crippen molar-refractivity contribution >= 4 is 46.0 Å². The summed E-state index contributed by atoms with van der Waals surface area (Å²) in [6, 6.07) is 15.1. The fourth-order valence-electron chi connectivity index (χ4n) is 3.51. The Morgan fingerprint density at radius 2 is 1.93 bits per heavy atom. The van der Waals surface area contributed by atoms with Crippen LogP contribution < -0.4 is 5.32 Å². The van der Waals surface area contributed by atoms with Gasteiger partial charge in [0.05, 0.1) is 12.5 Å². The van der Waals surface area contributed by atoms with E-state index in [-0.39, 0.29) is 24.3 Å². The van der Waals surface area contributed by atoms with E-state index in [4.69, 9.17) is 11.6 Å². The van der Waals surface area contributed by atoms with Crippen molar-refractivity contribution in [2.24, 2.45) is 0 Å². The summed E-state index contributed by atoms with van der Waals surface area (Å²) in [5.74, 6) is -0.276. The van der Waals surface area contributed by atoms with Crippen molar-refractivity contribution in [1.29, 1.82) is 0 Å². The largest absolute Gasteiger partial charge is 0.311 e. The fourth-order valence-corrected chi connectivity index (χ4v) is 4.50. The van der Waals surface area contributed by atoms with E-state index in [2.05, 4.69) is 10.3 Å². The number of thiazole rings is 1. The molecule has 5 nitrogen and oxygen atoms in total. The Balaban J connectivity index is 1.44. The zero-order chi connectivity index (χ0) is 21.1. The predicted molar refractivity (Wildman–Crippen MR) is 120 cm³/mol. The average Bonchev–Trinajstić information content (AvgIpc) is 3.16. The molecule has 2 heterocycles. The molecule has 2 amide bonds. The number of amides is 2. The average molecular weight is 438 g/mol. The van der Waals surface area contributed by atoms with Crippen molar-refractivity contribution in [2.75, 3.05) is 5.32 Å². The minimum Gasteiger partial charge on any atom is -0.311 e. The maximum Gasteiger partial charge on any atom is 0.228 e. The number of hydrogen-bond acceptors (Lipinski definition) is 4. The number of nitrogens with zero attached hydrogens (tertiary/aromatic N) is 2. The molecule has 2 aromatic carbocycles. The van der Waals surface area contributed by atoms with Gasteiger partial charge in [-0.25, -0.2) is 4.98 Å². The van der Waals surface area contributed by atoms with Crippen molar-refractivity contribution in [3.05, 3.63) is 87.5 Å². The van der Waals surface area contributed by atoms with E-state index in [0.717, 1.165) is 28.0 Å². The van der Waals surface area contributed by atoms with Gasteiger partial charge in [-0.1, -0.05) is 48.0 Å². The first-order valence-corrected chi connectivity index (χ1v) is 10.7. The third-order valence-corrected chi connectivity index (χ3v) is 6.10. The van der Waals surface area contributed by atoms with Crippen LogP contribution in [0.25, 0.3) is 6.08 Å². The van der Waals surface area contributed by atoms with Gasteiger partial charge in [-0.05, 0) is 34.9 Å². The number of anilines is 1. The van der Waals surface area contributed by atoms with Gasteiger partial charge in [-0.2, -0.15) is 0 Å². The molecule has 1 unspecified atom stereocenters. The lowest BCUT2D eigenvalue weighted by Gasteiger charge is -2.32. The van der Waals surface area contributed by atoms with Gasteiger partial charge in [-0.15, -0.1) is 11.3 Å². The molecule has 1 aromatic heterocycles. The summed E-state index contributed by atoms with van der Waals surface area (Å²) in [7, 11) is 0. The van der Waals surface area contributed by atoms with E-state index in [1.807, 2.05) is 54.6 Å². The van der Waals surface area contributed by atoms with Gasteiger partial charge < -0.3 is 10.2 Å². The molecule has 0 bridgehead atoms. The molecule has 0 radical (unpaired) electrons. The summed E-state index contributed by atoms with van der Waals surface area (Å²) in [5.41, 5.74) is 3.11. The normalized spacial score (nSPS) is 15.0. The van der Waals surface area contributed by atoms with E-state index in [9.17, 15) is 9.59 Å². The Bertz CT molecular complexity index is 1110. The number of rotatable bonds is 5. The molecule has 3 aromatic rings. The van der Waals surface area contributed by atoms with Crippen molar-refractivity contribution in [3.63, 3.8) is 0 Å². The number of aromatic nitrogens is 1. The lowest BCUT2D eigenvalue weighted by molar-refractivity contribution is -0.129. The molecule has 1 aliphatic rings. The molecule has 1 aliphatic heterocycles. The Hall–Kier alpha value is -2.96. The third kappa shape index (κ3) is 4.61. The molecule has 0 spiro atoms. The summed E-state index contributed by atoms with van der Waals surface area (Å²) in [6.45, 7) is 1.51. The van der Waals surface area contributed by atoms with Crippen LogP contribution in [-0.4, -0.2) is 21.7 Å². The lowest BCUT2D eigenvalue weighted by atomic mass is 9.93. The second kappa shape index (κ2) is 8.81. The number of fused-ring (bicyclic) bond motifs is 1. The molecule has 152 valence electrons. The maximum atomic E-state index is 12.7. The third-order valence-electron chi connectivity index (χ3n) is 4.94. The Morgan fingerprint density at radius 1 is 1.17 bits per heavy atom. The second-order valence-electron chi connectivity index (χ2n) is 7.07. The van der Waals surface area contributed by atoms with E-state index in [0.29, 0.717) is 10.2 Å². The van der Waals surface area contributed by atoms with Crippen LogP contribution in [0.3, 0.4) is 0 Å². The quantitative estimate of drug-likeness (QED) is 0.589. The molecule has 7 heteroatoms. The summed E-state index contributed by atoms with van der Waals surface area (Å²) >= 11 is 7.38. The van der Waals surface area contributed by atoms with E-state index in [1.165, 1.54) is 18.3 Å². The predicted octanol–water partition coefficient (Wildman–Crippen LogP) is 5.29. The SMILES string of the molecule is CC(=O)N1C=Cc2ccccc2C1CC(=O)Nc1ncc(Cc2ccc(Cl)cc2)s1. The highest BCUT2D eigenvalue weighted by atomic mass is 35.5. The number of halogens is 1. The van der Waals surface area contributed by atoms with Crippen LogP contribution in [0.5, 0.6) is 0 Å². The number of hydrogen-bond donors (Lipinski definition) is 1. The van der Waals surface area contributed by atoms with Crippen molar-refractivity contribution < 1.29 is 9.59 Å². The molecular formula is C23H20ClN3O2S. The molecule has 1 N–H and O–H groups in total. The molecular weight excluding hydrogens is 418 g/mol. The highest BCUT2D eigenvalue weighted by Gasteiger charge is 2.28. The first-order chi connectivity index (χ1) is 14.5. The minimum absolute atomic E-state index is 0.0990. The van der Waals surface area contributed by atoms with Crippen LogP contribution >= 0.6 is 22.9 Å². The Labute approximate surface area is 184 Å². The standard InChI is InChI=1S/C23H20ClN3O2S/c1-15(28)27-11-10-17-4-2-3-5-20(17)21(27)13-22(29)26-23-25-14-19(30-23)12-16-6-8-18(24)9-7-16/h2-11,14,21H,12-13H2,1H3,(H,25,26,29). The van der Waals surface area contributed by atoms with Crippen LogP contribution in [-0.2, 0) is 16.0 Å². The number of benzene rings is 2. The van der Waals surface area contributed by atoms with Gasteiger partial charge >= 0.3 is 0 Å². The van der Waals surface area contributed by atoms with E-state index < -0.39 is 0 Å². The monoisotopic (exact) mass is 437 g/mol. The van der Waals surface area contributed by atoms with Gasteiger partial charge in [0.1, 0.15) is 0 Å². The summed E-state index contributed by atoms with van der Waals surface area (Å²) in [6.07, 6.45) is 6.30. The summed E-state index contributed by atoms with van der Waals surface area (Å²) in [5, 5.41) is 4.14. The fraction of sp³-hybridized carbons (Fsp3) is 0.174. The van der Waals surface area contributed by atoms with Crippen LogP contribution in [0.15, 0.2) is 60.9 Å². The van der Waals surface area contributed by atoms with Gasteiger partial charge in [0.25, 0.3) is 0 Å². The summed E-state index contributed by atoms with van der Waals surface area (Å²) < 4.78 is 0. The van der Waals surface area contributed by atoms with Gasteiger partial charge in [0, 0.05) is 35.6 Å². The van der Waals surface area contributed by atoms with E-state index >= 15 is 0 Å². The Kier molecular flexibility index (Phi) is 5.97. The van der Waals surface area contributed by atoms with Gasteiger partial charge in [0.2, 0.25) is 11.8 Å². The van der Waals surface area contributed by atoms with Crippen LogP contribution in [0.2, 0.25) is 5.02 Å². The highest BCUT2D eigenvalue weighted by molar-refractivity contribution is 7.15. The number of nitrogens with one attached hydrogen (secondary N) is 1. The van der Waals surface area contributed by atoms with Crippen molar-refractivity contribution in [3.8, 4) is 0 Å². The zero-order valence-corrected chi connectivity index (χ0v) is 17.9. The number of carbonyl (C=O) groups is 2. The highest BCUT2D eigenvalue weighted by Crippen LogP contribution is 2.33. The smallest absolute Gasteiger partial charge is 0.228 e. The molecule has 0 saturated carbocycles. The number of carbonyl (C=O) groups excluding carboxylic acids is 2. The molecule has 0 fully saturated rings. The van der Waals surface area contributed by atoms with Gasteiger partial charge in [-0.3, -0.25) is 9.59 Å². The van der Waals surface area contributed by atoms with Crippen LogP contribution in [0.1, 0.15) is 41.0 Å².